The first-order valence-corrected chi connectivity index (χ1v) is 7.76. The fraction of sp³-hybridized carbons (Fsp3) is 0.389. The van der Waals surface area contributed by atoms with E-state index in [1.807, 2.05) is 7.05 Å². The number of hydrogen-bond acceptors (Lipinski definition) is 3. The summed E-state index contributed by atoms with van der Waals surface area (Å²) < 4.78 is 0. The van der Waals surface area contributed by atoms with Crippen molar-refractivity contribution in [3.05, 3.63) is 58.8 Å². The molecule has 0 fully saturated rings. The number of anilines is 1. The molecule has 1 aliphatic heterocycles. The van der Waals surface area contributed by atoms with Crippen molar-refractivity contribution in [2.24, 2.45) is 0 Å². The van der Waals surface area contributed by atoms with Crippen LogP contribution in [-0.2, 0) is 25.9 Å². The van der Waals surface area contributed by atoms with Gasteiger partial charge in [0, 0.05) is 25.3 Å². The smallest absolute Gasteiger partial charge is 0.129 e. The van der Waals surface area contributed by atoms with E-state index in [0.717, 1.165) is 38.3 Å². The van der Waals surface area contributed by atoms with Crippen LogP contribution in [-0.4, -0.2) is 18.6 Å². The van der Waals surface area contributed by atoms with E-state index < -0.39 is 0 Å². The van der Waals surface area contributed by atoms with Crippen LogP contribution in [0.4, 0.5) is 5.82 Å². The number of rotatable bonds is 4. The van der Waals surface area contributed by atoms with Crippen LogP contribution in [0.1, 0.15) is 29.3 Å². The molecule has 2 heterocycles. The number of nitrogens with zero attached hydrogens (tertiary/aromatic N) is 2. The maximum Gasteiger partial charge on any atom is 0.129 e. The van der Waals surface area contributed by atoms with Gasteiger partial charge in [-0.25, -0.2) is 4.98 Å². The van der Waals surface area contributed by atoms with Crippen LogP contribution < -0.4 is 10.2 Å². The van der Waals surface area contributed by atoms with Gasteiger partial charge in [-0.05, 0) is 48.7 Å². The maximum atomic E-state index is 4.83. The third kappa shape index (κ3) is 3.08. The van der Waals surface area contributed by atoms with Crippen LogP contribution in [0.2, 0.25) is 0 Å². The Labute approximate surface area is 127 Å². The van der Waals surface area contributed by atoms with Crippen molar-refractivity contribution in [2.45, 2.75) is 32.9 Å². The molecule has 3 rings (SSSR count). The van der Waals surface area contributed by atoms with E-state index in [-0.39, 0.29) is 0 Å². The zero-order chi connectivity index (χ0) is 14.7. The summed E-state index contributed by atoms with van der Waals surface area (Å²) in [7, 11) is 1.99. The number of nitrogens with one attached hydrogen (secondary N) is 1. The second-order valence-electron chi connectivity index (χ2n) is 5.65. The highest BCUT2D eigenvalue weighted by atomic mass is 15.2. The topological polar surface area (TPSA) is 28.2 Å². The number of benzene rings is 1. The average Bonchev–Trinajstić information content (AvgIpc) is 2.54. The first-order chi connectivity index (χ1) is 10.3. The minimum Gasteiger partial charge on any atom is -0.352 e. The van der Waals surface area contributed by atoms with Crippen molar-refractivity contribution < 1.29 is 0 Å². The van der Waals surface area contributed by atoms with E-state index in [2.05, 4.69) is 53.5 Å². The van der Waals surface area contributed by atoms with Crippen LogP contribution >= 0.6 is 0 Å². The number of hydrogen-bond donors (Lipinski definition) is 1. The summed E-state index contributed by atoms with van der Waals surface area (Å²) in [6, 6.07) is 13.2. The van der Waals surface area contributed by atoms with Gasteiger partial charge < -0.3 is 10.2 Å². The summed E-state index contributed by atoms with van der Waals surface area (Å²) in [5.41, 5.74) is 5.41. The second kappa shape index (κ2) is 6.27. The first kappa shape index (κ1) is 14.1. The highest BCUT2D eigenvalue weighted by Crippen LogP contribution is 2.24. The van der Waals surface area contributed by atoms with E-state index in [1.54, 1.807) is 0 Å². The van der Waals surface area contributed by atoms with Gasteiger partial charge in [-0.3, -0.25) is 0 Å². The average molecular weight is 281 g/mol. The van der Waals surface area contributed by atoms with Gasteiger partial charge in [-0.2, -0.15) is 0 Å². The fourth-order valence-electron chi connectivity index (χ4n) is 2.97. The quantitative estimate of drug-likeness (QED) is 0.934. The molecule has 1 aromatic carbocycles. The van der Waals surface area contributed by atoms with Gasteiger partial charge in [0.1, 0.15) is 5.82 Å². The Balaban J connectivity index is 1.89. The highest BCUT2D eigenvalue weighted by Gasteiger charge is 2.17. The van der Waals surface area contributed by atoms with Crippen LogP contribution in [0.15, 0.2) is 36.4 Å². The van der Waals surface area contributed by atoms with Gasteiger partial charge in [0.2, 0.25) is 0 Å². The molecular formula is C18H23N3. The summed E-state index contributed by atoms with van der Waals surface area (Å²) in [5, 5.41) is 3.23. The Kier molecular flexibility index (Phi) is 4.20. The Bertz CT molecular complexity index is 622. The lowest BCUT2D eigenvalue weighted by Gasteiger charge is -2.30. The van der Waals surface area contributed by atoms with Gasteiger partial charge in [0.25, 0.3) is 0 Å². The molecule has 0 aliphatic carbocycles. The van der Waals surface area contributed by atoms with Crippen molar-refractivity contribution in [1.82, 2.24) is 10.3 Å². The van der Waals surface area contributed by atoms with E-state index >= 15 is 0 Å². The minimum atomic E-state index is 0.896. The molecule has 0 spiro atoms. The molecule has 3 heteroatoms. The van der Waals surface area contributed by atoms with Gasteiger partial charge >= 0.3 is 0 Å². The SMILES string of the molecule is CCc1cc(CNC)cc(N2CCc3ccccc3C2)n1. The fourth-order valence-corrected chi connectivity index (χ4v) is 2.97. The van der Waals surface area contributed by atoms with Gasteiger partial charge in [0.15, 0.2) is 0 Å². The largest absolute Gasteiger partial charge is 0.352 e. The molecule has 0 bridgehead atoms. The van der Waals surface area contributed by atoms with E-state index in [1.165, 1.54) is 22.4 Å². The second-order valence-corrected chi connectivity index (χ2v) is 5.65. The lowest BCUT2D eigenvalue weighted by Crippen LogP contribution is -2.31. The summed E-state index contributed by atoms with van der Waals surface area (Å²) in [5.74, 6) is 1.12. The summed E-state index contributed by atoms with van der Waals surface area (Å²) in [4.78, 5) is 7.23. The first-order valence-electron chi connectivity index (χ1n) is 7.76. The number of aryl methyl sites for hydroxylation is 1. The van der Waals surface area contributed by atoms with Crippen LogP contribution in [0.5, 0.6) is 0 Å². The van der Waals surface area contributed by atoms with Gasteiger partial charge in [0.05, 0.1) is 0 Å². The number of fused-ring (bicyclic) bond motifs is 1. The Hall–Kier alpha value is -1.87. The molecule has 0 atom stereocenters. The molecule has 0 radical (unpaired) electrons. The van der Waals surface area contributed by atoms with E-state index in [0.29, 0.717) is 0 Å². The molecular weight excluding hydrogens is 258 g/mol. The lowest BCUT2D eigenvalue weighted by molar-refractivity contribution is 0.715. The molecule has 0 saturated heterocycles. The predicted molar refractivity (Wildman–Crippen MR) is 87.6 cm³/mol. The van der Waals surface area contributed by atoms with Gasteiger partial charge in [-0.15, -0.1) is 0 Å². The molecule has 2 aromatic rings. The zero-order valence-electron chi connectivity index (χ0n) is 12.9. The van der Waals surface area contributed by atoms with Crippen molar-refractivity contribution in [2.75, 3.05) is 18.5 Å². The van der Waals surface area contributed by atoms with Crippen molar-refractivity contribution in [3.63, 3.8) is 0 Å². The lowest BCUT2D eigenvalue weighted by atomic mass is 10.00. The molecule has 0 saturated carbocycles. The van der Waals surface area contributed by atoms with Gasteiger partial charge in [-0.1, -0.05) is 31.2 Å². The van der Waals surface area contributed by atoms with Crippen molar-refractivity contribution >= 4 is 5.82 Å². The summed E-state index contributed by atoms with van der Waals surface area (Å²) in [6.45, 7) is 5.08. The minimum absolute atomic E-state index is 0.896. The van der Waals surface area contributed by atoms with Crippen molar-refractivity contribution in [1.29, 1.82) is 0 Å². The van der Waals surface area contributed by atoms with Crippen LogP contribution in [0.25, 0.3) is 0 Å². The Morgan fingerprint density at radius 3 is 2.76 bits per heavy atom. The Morgan fingerprint density at radius 1 is 1.19 bits per heavy atom. The number of pyridine rings is 1. The third-order valence-corrected chi connectivity index (χ3v) is 4.12. The van der Waals surface area contributed by atoms with E-state index in [9.17, 15) is 0 Å². The molecule has 1 aromatic heterocycles. The molecule has 110 valence electrons. The maximum absolute atomic E-state index is 4.83. The summed E-state index contributed by atoms with van der Waals surface area (Å²) in [6.07, 6.45) is 2.09. The monoisotopic (exact) mass is 281 g/mol. The zero-order valence-corrected chi connectivity index (χ0v) is 12.9. The molecule has 1 N–H and O–H groups in total. The highest BCUT2D eigenvalue weighted by molar-refractivity contribution is 5.46. The molecule has 3 nitrogen and oxygen atoms in total. The molecule has 21 heavy (non-hydrogen) atoms. The summed E-state index contributed by atoms with van der Waals surface area (Å²) >= 11 is 0. The normalized spacial score (nSPS) is 14.1. The standard InChI is InChI=1S/C18H23N3/c1-3-17-10-14(12-19-2)11-18(20-17)21-9-8-15-6-4-5-7-16(15)13-21/h4-7,10-11,19H,3,8-9,12-13H2,1-2H3. The molecule has 0 unspecified atom stereocenters. The Morgan fingerprint density at radius 2 is 2.00 bits per heavy atom. The van der Waals surface area contributed by atoms with Crippen molar-refractivity contribution in [3.8, 4) is 0 Å². The van der Waals surface area contributed by atoms with Crippen LogP contribution in [0.3, 0.4) is 0 Å². The van der Waals surface area contributed by atoms with Crippen LogP contribution in [0, 0.1) is 0 Å². The third-order valence-electron chi connectivity index (χ3n) is 4.12. The molecule has 0 amide bonds. The van der Waals surface area contributed by atoms with E-state index in [4.69, 9.17) is 4.98 Å². The number of aromatic nitrogens is 1. The predicted octanol–water partition coefficient (Wildman–Crippen LogP) is 2.93. The molecule has 1 aliphatic rings.